The van der Waals surface area contributed by atoms with Crippen LogP contribution in [-0.2, 0) is 11.3 Å². The standard InChI is InChI=1S/C15H14FN3O3/c16-7-10-9-22-15(20)19(10)13-8-18-5-6-21-12-4-2-1-3-11(12)14(18)17-13/h1-4,8,10H,5-7,9H2/t10-/m1/s1. The number of benzene rings is 1. The van der Waals surface area contributed by atoms with Crippen LogP contribution in [0.25, 0.3) is 11.4 Å². The largest absolute Gasteiger partial charge is 0.491 e. The molecular weight excluding hydrogens is 289 g/mol. The molecule has 2 aliphatic rings. The topological polar surface area (TPSA) is 56.6 Å². The van der Waals surface area contributed by atoms with Crippen LogP contribution in [0.1, 0.15) is 0 Å². The zero-order valence-corrected chi connectivity index (χ0v) is 11.7. The third-order valence-corrected chi connectivity index (χ3v) is 3.87. The van der Waals surface area contributed by atoms with Crippen molar-refractivity contribution in [2.24, 2.45) is 0 Å². The Bertz CT molecular complexity index is 731. The number of anilines is 1. The van der Waals surface area contributed by atoms with Gasteiger partial charge in [-0.05, 0) is 12.1 Å². The zero-order chi connectivity index (χ0) is 15.1. The highest BCUT2D eigenvalue weighted by Gasteiger charge is 2.36. The Morgan fingerprint density at radius 2 is 2.18 bits per heavy atom. The summed E-state index contributed by atoms with van der Waals surface area (Å²) in [4.78, 5) is 17.6. The molecule has 1 saturated heterocycles. The molecule has 114 valence electrons. The molecule has 1 aromatic carbocycles. The Morgan fingerprint density at radius 3 is 3.05 bits per heavy atom. The molecule has 0 radical (unpaired) electrons. The van der Waals surface area contributed by atoms with Crippen molar-refractivity contribution in [2.45, 2.75) is 12.6 Å². The van der Waals surface area contributed by atoms with Gasteiger partial charge in [0.1, 0.15) is 37.5 Å². The molecule has 0 aliphatic carbocycles. The molecule has 1 amide bonds. The first kappa shape index (κ1) is 13.1. The van der Waals surface area contributed by atoms with Crippen molar-refractivity contribution in [3.8, 4) is 17.1 Å². The summed E-state index contributed by atoms with van der Waals surface area (Å²) < 4.78 is 25.6. The van der Waals surface area contributed by atoms with Crippen molar-refractivity contribution in [1.29, 1.82) is 0 Å². The van der Waals surface area contributed by atoms with Gasteiger partial charge in [-0.25, -0.2) is 14.2 Å². The number of hydrogen-bond donors (Lipinski definition) is 0. The van der Waals surface area contributed by atoms with Crippen LogP contribution >= 0.6 is 0 Å². The van der Waals surface area contributed by atoms with Gasteiger partial charge in [0, 0.05) is 6.20 Å². The number of para-hydroxylation sites is 1. The Morgan fingerprint density at radius 1 is 1.32 bits per heavy atom. The van der Waals surface area contributed by atoms with Crippen LogP contribution in [0.5, 0.6) is 5.75 Å². The summed E-state index contributed by atoms with van der Waals surface area (Å²) in [5.41, 5.74) is 0.857. The lowest BCUT2D eigenvalue weighted by Crippen LogP contribution is -2.35. The second-order valence-corrected chi connectivity index (χ2v) is 5.22. The quantitative estimate of drug-likeness (QED) is 0.854. The molecule has 1 atom stereocenters. The van der Waals surface area contributed by atoms with E-state index < -0.39 is 18.8 Å². The molecule has 3 heterocycles. The van der Waals surface area contributed by atoms with Crippen LogP contribution in [-0.4, -0.2) is 41.6 Å². The van der Waals surface area contributed by atoms with Crippen molar-refractivity contribution in [3.63, 3.8) is 0 Å². The number of rotatable bonds is 2. The van der Waals surface area contributed by atoms with Crippen LogP contribution in [0.3, 0.4) is 0 Å². The molecule has 2 aromatic rings. The fraction of sp³-hybridized carbons (Fsp3) is 0.333. The maximum atomic E-state index is 13.1. The summed E-state index contributed by atoms with van der Waals surface area (Å²) in [6, 6.07) is 6.99. The third-order valence-electron chi connectivity index (χ3n) is 3.87. The van der Waals surface area contributed by atoms with Gasteiger partial charge >= 0.3 is 6.09 Å². The van der Waals surface area contributed by atoms with E-state index in [1.165, 1.54) is 4.90 Å². The van der Waals surface area contributed by atoms with Crippen LogP contribution in [0.15, 0.2) is 30.5 Å². The lowest BCUT2D eigenvalue weighted by molar-refractivity contribution is 0.177. The predicted octanol–water partition coefficient (Wildman–Crippen LogP) is 2.24. The first-order valence-electron chi connectivity index (χ1n) is 7.09. The summed E-state index contributed by atoms with van der Waals surface area (Å²) in [6.07, 6.45) is 1.19. The lowest BCUT2D eigenvalue weighted by Gasteiger charge is -2.15. The number of carbonyl (C=O) groups excluding carboxylic acids is 1. The average molecular weight is 303 g/mol. The van der Waals surface area contributed by atoms with Crippen LogP contribution < -0.4 is 9.64 Å². The van der Waals surface area contributed by atoms with Gasteiger partial charge in [-0.3, -0.25) is 4.90 Å². The number of alkyl halides is 1. The van der Waals surface area contributed by atoms with Gasteiger partial charge in [0.2, 0.25) is 0 Å². The molecule has 22 heavy (non-hydrogen) atoms. The van der Waals surface area contributed by atoms with E-state index in [0.29, 0.717) is 24.8 Å². The molecular formula is C15H14FN3O3. The highest BCUT2D eigenvalue weighted by molar-refractivity contribution is 5.89. The molecule has 0 N–H and O–H groups in total. The molecule has 0 saturated carbocycles. The van der Waals surface area contributed by atoms with Gasteiger partial charge in [-0.15, -0.1) is 0 Å². The first-order chi connectivity index (χ1) is 10.8. The van der Waals surface area contributed by atoms with Gasteiger partial charge < -0.3 is 14.0 Å². The number of nitrogens with zero attached hydrogens (tertiary/aromatic N) is 3. The number of fused-ring (bicyclic) bond motifs is 3. The van der Waals surface area contributed by atoms with Crippen molar-refractivity contribution in [3.05, 3.63) is 30.5 Å². The van der Waals surface area contributed by atoms with E-state index in [9.17, 15) is 9.18 Å². The van der Waals surface area contributed by atoms with Crippen LogP contribution in [0.4, 0.5) is 15.0 Å². The Kier molecular flexibility index (Phi) is 2.99. The van der Waals surface area contributed by atoms with Crippen molar-refractivity contribution in [2.75, 3.05) is 24.8 Å². The van der Waals surface area contributed by atoms with Gasteiger partial charge in [0.05, 0.1) is 12.1 Å². The minimum absolute atomic E-state index is 0.0528. The maximum Gasteiger partial charge on any atom is 0.416 e. The normalized spacial score (nSPS) is 20.0. The number of aromatic nitrogens is 2. The summed E-state index contributed by atoms with van der Waals surface area (Å²) in [5, 5.41) is 0. The highest BCUT2D eigenvalue weighted by atomic mass is 19.1. The van der Waals surface area contributed by atoms with E-state index in [1.54, 1.807) is 6.20 Å². The minimum atomic E-state index is -0.659. The van der Waals surface area contributed by atoms with E-state index in [-0.39, 0.29) is 6.61 Å². The fourth-order valence-corrected chi connectivity index (χ4v) is 2.79. The van der Waals surface area contributed by atoms with E-state index in [4.69, 9.17) is 9.47 Å². The molecule has 1 fully saturated rings. The van der Waals surface area contributed by atoms with E-state index in [1.807, 2.05) is 28.8 Å². The van der Waals surface area contributed by atoms with Crippen molar-refractivity contribution < 1.29 is 18.7 Å². The smallest absolute Gasteiger partial charge is 0.416 e. The minimum Gasteiger partial charge on any atom is -0.491 e. The molecule has 0 unspecified atom stereocenters. The number of imidazole rings is 1. The zero-order valence-electron chi connectivity index (χ0n) is 11.7. The second-order valence-electron chi connectivity index (χ2n) is 5.22. The Labute approximate surface area is 126 Å². The number of halogens is 1. The summed E-state index contributed by atoms with van der Waals surface area (Å²) in [7, 11) is 0. The van der Waals surface area contributed by atoms with E-state index >= 15 is 0 Å². The third kappa shape index (κ3) is 1.93. The Hall–Kier alpha value is -2.57. The van der Waals surface area contributed by atoms with Gasteiger partial charge in [0.15, 0.2) is 5.82 Å². The molecule has 0 bridgehead atoms. The average Bonchev–Trinajstić information content (AvgIpc) is 3.06. The summed E-state index contributed by atoms with van der Waals surface area (Å²) in [6.45, 7) is 0.516. The Balaban J connectivity index is 1.80. The summed E-state index contributed by atoms with van der Waals surface area (Å²) in [5.74, 6) is 1.88. The van der Waals surface area contributed by atoms with Crippen molar-refractivity contribution in [1.82, 2.24) is 9.55 Å². The number of hydrogen-bond acceptors (Lipinski definition) is 4. The number of carbonyl (C=O) groups is 1. The molecule has 4 rings (SSSR count). The number of cyclic esters (lactones) is 1. The molecule has 1 aromatic heterocycles. The molecule has 7 heteroatoms. The molecule has 0 spiro atoms. The SMILES string of the molecule is O=C1OC[C@@H](CF)N1c1cn2c(n1)-c1ccccc1OCC2. The second kappa shape index (κ2) is 5.01. The molecule has 2 aliphatic heterocycles. The van der Waals surface area contributed by atoms with E-state index in [0.717, 1.165) is 11.3 Å². The highest BCUT2D eigenvalue weighted by Crippen LogP contribution is 2.34. The fourth-order valence-electron chi connectivity index (χ4n) is 2.79. The number of amides is 1. The van der Waals surface area contributed by atoms with Gasteiger partial charge in [-0.2, -0.15) is 0 Å². The van der Waals surface area contributed by atoms with Gasteiger partial charge in [0.25, 0.3) is 0 Å². The van der Waals surface area contributed by atoms with Crippen molar-refractivity contribution >= 4 is 11.9 Å². The van der Waals surface area contributed by atoms with Gasteiger partial charge in [-0.1, -0.05) is 12.1 Å². The maximum absolute atomic E-state index is 13.1. The van der Waals surface area contributed by atoms with Crippen LogP contribution in [0.2, 0.25) is 0 Å². The number of ether oxygens (including phenoxy) is 2. The summed E-state index contributed by atoms with van der Waals surface area (Å²) >= 11 is 0. The molecule has 6 nitrogen and oxygen atoms in total. The van der Waals surface area contributed by atoms with E-state index in [2.05, 4.69) is 4.98 Å². The monoisotopic (exact) mass is 303 g/mol. The lowest BCUT2D eigenvalue weighted by atomic mass is 10.2. The first-order valence-corrected chi connectivity index (χ1v) is 7.09. The predicted molar refractivity (Wildman–Crippen MR) is 76.7 cm³/mol. The van der Waals surface area contributed by atoms with Crippen LogP contribution in [0, 0.1) is 0 Å².